The largest absolute Gasteiger partial charge is 0.396 e. The molecule has 0 amide bonds. The van der Waals surface area contributed by atoms with Crippen molar-refractivity contribution in [3.63, 3.8) is 0 Å². The molecule has 85 valence electrons. The van der Waals surface area contributed by atoms with E-state index in [2.05, 4.69) is 4.90 Å². The monoisotopic (exact) mass is 204 g/mol. The molecule has 0 aromatic carbocycles. The highest BCUT2D eigenvalue weighted by atomic mass is 16.3. The summed E-state index contributed by atoms with van der Waals surface area (Å²) in [7, 11) is 0. The highest BCUT2D eigenvalue weighted by Gasteiger charge is 2.03. The molecular weight excluding hydrogens is 182 g/mol. The molecule has 0 spiro atoms. The summed E-state index contributed by atoms with van der Waals surface area (Å²) in [4.78, 5) is 2.11. The lowest BCUT2D eigenvalue weighted by Crippen LogP contribution is -2.29. The van der Waals surface area contributed by atoms with Crippen molar-refractivity contribution in [1.82, 2.24) is 4.90 Å². The third-order valence-electron chi connectivity index (χ3n) is 2.17. The van der Waals surface area contributed by atoms with Crippen LogP contribution in [0.5, 0.6) is 0 Å². The first-order valence-corrected chi connectivity index (χ1v) is 5.37. The van der Waals surface area contributed by atoms with E-state index in [0.717, 1.165) is 38.8 Å². The Labute approximate surface area is 86.2 Å². The molecule has 1 radical (unpaired) electrons. The minimum Gasteiger partial charge on any atom is -0.396 e. The van der Waals surface area contributed by atoms with E-state index < -0.39 is 0 Å². The Bertz CT molecular complexity index is 102. The van der Waals surface area contributed by atoms with Gasteiger partial charge in [-0.1, -0.05) is 0 Å². The maximum atomic E-state index is 10.5. The molecule has 0 atom stereocenters. The normalized spacial score (nSPS) is 11.1. The van der Waals surface area contributed by atoms with Crippen LogP contribution in [-0.2, 0) is 5.11 Å². The summed E-state index contributed by atoms with van der Waals surface area (Å²) in [6.07, 6.45) is 3.48. The summed E-state index contributed by atoms with van der Waals surface area (Å²) in [5.41, 5.74) is 0. The fraction of sp³-hybridized carbons (Fsp3) is 1.00. The maximum absolute atomic E-state index is 10.5. The average Bonchev–Trinajstić information content (AvgIpc) is 2.18. The molecular formula is C10H22NO3. The van der Waals surface area contributed by atoms with E-state index >= 15 is 0 Å². The van der Waals surface area contributed by atoms with Gasteiger partial charge in [-0.25, -0.2) is 5.11 Å². The first kappa shape index (κ1) is 13.8. The van der Waals surface area contributed by atoms with Crippen molar-refractivity contribution in [2.75, 3.05) is 39.5 Å². The number of nitrogens with zero attached hydrogens (tertiary/aromatic N) is 1. The van der Waals surface area contributed by atoms with E-state index in [9.17, 15) is 5.11 Å². The molecule has 4 heteroatoms. The van der Waals surface area contributed by atoms with E-state index in [1.54, 1.807) is 0 Å². The molecule has 4 nitrogen and oxygen atoms in total. The van der Waals surface area contributed by atoms with Crippen LogP contribution in [0, 0.1) is 0 Å². The van der Waals surface area contributed by atoms with Crippen molar-refractivity contribution in [3.8, 4) is 0 Å². The minimum atomic E-state index is -0.0712. The summed E-state index contributed by atoms with van der Waals surface area (Å²) >= 11 is 0. The summed E-state index contributed by atoms with van der Waals surface area (Å²) in [5.74, 6) is 0. The molecule has 0 unspecified atom stereocenters. The molecule has 0 heterocycles. The second-order valence-corrected chi connectivity index (χ2v) is 3.41. The van der Waals surface area contributed by atoms with Crippen LogP contribution in [0.1, 0.15) is 25.7 Å². The Kier molecular flexibility index (Phi) is 10.8. The Morgan fingerprint density at radius 2 is 1.29 bits per heavy atom. The Hall–Kier alpha value is -0.160. The van der Waals surface area contributed by atoms with E-state index in [4.69, 9.17) is 10.2 Å². The molecule has 14 heavy (non-hydrogen) atoms. The number of aliphatic hydroxyl groups is 2. The topological polar surface area (TPSA) is 63.6 Å². The lowest BCUT2D eigenvalue weighted by molar-refractivity contribution is 0.135. The van der Waals surface area contributed by atoms with Gasteiger partial charge < -0.3 is 15.1 Å². The fourth-order valence-electron chi connectivity index (χ4n) is 1.36. The van der Waals surface area contributed by atoms with Gasteiger partial charge in [-0.2, -0.15) is 0 Å². The van der Waals surface area contributed by atoms with Crippen LogP contribution < -0.4 is 0 Å². The van der Waals surface area contributed by atoms with Crippen LogP contribution in [0.3, 0.4) is 0 Å². The Morgan fingerprint density at radius 1 is 0.786 bits per heavy atom. The second-order valence-electron chi connectivity index (χ2n) is 3.41. The highest BCUT2D eigenvalue weighted by Crippen LogP contribution is 1.98. The van der Waals surface area contributed by atoms with E-state index in [1.807, 2.05) is 0 Å². The zero-order valence-corrected chi connectivity index (χ0v) is 8.82. The van der Waals surface area contributed by atoms with Crippen LogP contribution >= 0.6 is 0 Å². The predicted octanol–water partition coefficient (Wildman–Crippen LogP) is 0.264. The molecule has 0 aliphatic rings. The molecule has 0 saturated heterocycles. The standard InChI is InChI=1S/C10H22NO3/c12-8-3-1-5-11(7-10-14)6-2-4-9-13/h12-13H,1-10H2. The summed E-state index contributed by atoms with van der Waals surface area (Å²) < 4.78 is 0. The van der Waals surface area contributed by atoms with Gasteiger partial charge in [0.05, 0.1) is 6.61 Å². The van der Waals surface area contributed by atoms with Crippen molar-refractivity contribution in [3.05, 3.63) is 0 Å². The minimum absolute atomic E-state index is 0.0712. The second kappa shape index (κ2) is 10.9. The lowest BCUT2D eigenvalue weighted by Gasteiger charge is -2.20. The van der Waals surface area contributed by atoms with Crippen LogP contribution in [0.4, 0.5) is 0 Å². The average molecular weight is 204 g/mol. The summed E-state index contributed by atoms with van der Waals surface area (Å²) in [6, 6.07) is 0. The van der Waals surface area contributed by atoms with E-state index in [1.165, 1.54) is 0 Å². The molecule has 0 saturated carbocycles. The van der Waals surface area contributed by atoms with Gasteiger partial charge in [0.1, 0.15) is 0 Å². The first-order valence-electron chi connectivity index (χ1n) is 5.37. The molecule has 2 N–H and O–H groups in total. The number of aliphatic hydroxyl groups excluding tert-OH is 2. The van der Waals surface area contributed by atoms with Crippen LogP contribution in [0.25, 0.3) is 0 Å². The van der Waals surface area contributed by atoms with Gasteiger partial charge in [-0.05, 0) is 38.8 Å². The van der Waals surface area contributed by atoms with Crippen molar-refractivity contribution in [1.29, 1.82) is 0 Å². The van der Waals surface area contributed by atoms with E-state index in [0.29, 0.717) is 6.54 Å². The Morgan fingerprint density at radius 3 is 1.64 bits per heavy atom. The SMILES string of the molecule is [O]CCN(CCCCO)CCCCO. The highest BCUT2D eigenvalue weighted by molar-refractivity contribution is 4.57. The van der Waals surface area contributed by atoms with E-state index in [-0.39, 0.29) is 19.8 Å². The van der Waals surface area contributed by atoms with Crippen LogP contribution in [-0.4, -0.2) is 54.6 Å². The summed E-state index contributed by atoms with van der Waals surface area (Å²) in [6.45, 7) is 2.72. The molecule has 0 rings (SSSR count). The van der Waals surface area contributed by atoms with Gasteiger partial charge in [0.2, 0.25) is 0 Å². The number of rotatable bonds is 10. The van der Waals surface area contributed by atoms with Gasteiger partial charge in [0.25, 0.3) is 0 Å². The first-order chi connectivity index (χ1) is 6.85. The fourth-order valence-corrected chi connectivity index (χ4v) is 1.36. The number of hydrogen-bond acceptors (Lipinski definition) is 3. The molecule has 0 aliphatic heterocycles. The van der Waals surface area contributed by atoms with Crippen molar-refractivity contribution >= 4 is 0 Å². The van der Waals surface area contributed by atoms with Crippen LogP contribution in [0.2, 0.25) is 0 Å². The zero-order valence-electron chi connectivity index (χ0n) is 8.82. The molecule has 0 aromatic heterocycles. The lowest BCUT2D eigenvalue weighted by atomic mass is 10.2. The quantitative estimate of drug-likeness (QED) is 0.502. The Balaban J connectivity index is 3.44. The van der Waals surface area contributed by atoms with Crippen molar-refractivity contribution in [2.24, 2.45) is 0 Å². The summed E-state index contributed by atoms with van der Waals surface area (Å²) in [5, 5.41) is 27.7. The predicted molar refractivity (Wildman–Crippen MR) is 54.6 cm³/mol. The van der Waals surface area contributed by atoms with Gasteiger partial charge in [0, 0.05) is 19.8 Å². The maximum Gasteiger partial charge on any atom is 0.0949 e. The zero-order chi connectivity index (χ0) is 10.6. The van der Waals surface area contributed by atoms with Crippen LogP contribution in [0.15, 0.2) is 0 Å². The van der Waals surface area contributed by atoms with Gasteiger partial charge in [-0.15, -0.1) is 0 Å². The van der Waals surface area contributed by atoms with Gasteiger partial charge in [-0.3, -0.25) is 0 Å². The van der Waals surface area contributed by atoms with Gasteiger partial charge in [0.15, 0.2) is 0 Å². The number of hydrogen-bond donors (Lipinski definition) is 2. The van der Waals surface area contributed by atoms with Crippen molar-refractivity contribution in [2.45, 2.75) is 25.7 Å². The molecule has 0 aliphatic carbocycles. The molecule has 0 fully saturated rings. The smallest absolute Gasteiger partial charge is 0.0949 e. The van der Waals surface area contributed by atoms with Gasteiger partial charge >= 0.3 is 0 Å². The third kappa shape index (κ3) is 8.44. The number of unbranched alkanes of at least 4 members (excludes halogenated alkanes) is 2. The molecule has 0 aromatic rings. The molecule has 0 bridgehead atoms. The third-order valence-corrected chi connectivity index (χ3v) is 2.17. The van der Waals surface area contributed by atoms with Crippen molar-refractivity contribution < 1.29 is 15.3 Å².